The average Bonchev–Trinajstić information content (AvgIpc) is 3.38. The van der Waals surface area contributed by atoms with E-state index < -0.39 is 18.1 Å². The molecule has 1 aliphatic rings. The first-order valence-electron chi connectivity index (χ1n) is 12.2. The van der Waals surface area contributed by atoms with Gasteiger partial charge >= 0.3 is 0 Å². The second-order valence-corrected chi connectivity index (χ2v) is 10.3. The van der Waals surface area contributed by atoms with Gasteiger partial charge in [-0.15, -0.1) is 0 Å². The van der Waals surface area contributed by atoms with Crippen LogP contribution in [0, 0.1) is 24.2 Å². The zero-order valence-electron chi connectivity index (χ0n) is 22.1. The molecule has 4 rings (SSSR count). The highest BCUT2D eigenvalue weighted by molar-refractivity contribution is 5.73. The Morgan fingerprint density at radius 3 is 2.73 bits per heavy atom. The molecule has 3 N–H and O–H groups in total. The Labute approximate surface area is 216 Å². The van der Waals surface area contributed by atoms with Crippen molar-refractivity contribution in [3.8, 4) is 11.8 Å². The van der Waals surface area contributed by atoms with Gasteiger partial charge in [0.1, 0.15) is 24.2 Å². The predicted octanol–water partition coefficient (Wildman–Crippen LogP) is 4.17. The molecule has 0 amide bonds. The zero-order valence-corrected chi connectivity index (χ0v) is 22.1. The van der Waals surface area contributed by atoms with Crippen molar-refractivity contribution in [3.05, 3.63) is 70.7 Å². The number of alkyl halides is 1. The van der Waals surface area contributed by atoms with Gasteiger partial charge < -0.3 is 20.2 Å². The van der Waals surface area contributed by atoms with Crippen LogP contribution >= 0.6 is 0 Å². The molecule has 3 aromatic rings. The number of hydrogen-bond donors (Lipinski definition) is 2. The highest BCUT2D eigenvalue weighted by Gasteiger charge is 2.33. The number of aryl methyl sites for hydroxylation is 1. The summed E-state index contributed by atoms with van der Waals surface area (Å²) in [5.41, 5.74) is 11.6. The van der Waals surface area contributed by atoms with Gasteiger partial charge in [0.25, 0.3) is 0 Å². The zero-order chi connectivity index (χ0) is 26.9. The molecule has 7 nitrogen and oxygen atoms in total. The highest BCUT2D eigenvalue weighted by Crippen LogP contribution is 2.34. The van der Waals surface area contributed by atoms with Gasteiger partial charge in [-0.05, 0) is 48.7 Å². The molecule has 3 heterocycles. The molecule has 3 unspecified atom stereocenters. The number of nitrogens with zero attached hydrogens (tertiary/aromatic N) is 4. The van der Waals surface area contributed by atoms with Crippen LogP contribution in [0.2, 0.25) is 0 Å². The maximum Gasteiger partial charge on any atom is 0.181 e. The molecule has 37 heavy (non-hydrogen) atoms. The van der Waals surface area contributed by atoms with E-state index in [0.29, 0.717) is 23.4 Å². The van der Waals surface area contributed by atoms with Gasteiger partial charge in [-0.3, -0.25) is 4.68 Å². The Morgan fingerprint density at radius 2 is 2.03 bits per heavy atom. The van der Waals surface area contributed by atoms with Crippen LogP contribution in [0.1, 0.15) is 55.0 Å². The van der Waals surface area contributed by atoms with Crippen molar-refractivity contribution in [2.45, 2.75) is 52.6 Å². The fraction of sp³-hybridized carbons (Fsp3) is 0.429. The molecule has 0 aromatic carbocycles. The first-order chi connectivity index (χ1) is 17.5. The third kappa shape index (κ3) is 5.37. The van der Waals surface area contributed by atoms with Crippen LogP contribution in [0.25, 0.3) is 11.2 Å². The standard InChI is InChI=1S/C28H34F2N6O/c1-17-20(25(34-35(17)6)27(31)28(2,3)4)8-7-13-37-26-21(10-11-22(29)24(26)30)18-9-12-23-33-15-19(14-32-5)36(23)16-18/h9-12,15-16,24,26-27,32H,13-14,31H2,1-6H3. The smallest absolute Gasteiger partial charge is 0.181 e. The third-order valence-electron chi connectivity index (χ3n) is 6.67. The monoisotopic (exact) mass is 508 g/mol. The second kappa shape index (κ2) is 10.6. The first kappa shape index (κ1) is 26.7. The van der Waals surface area contributed by atoms with E-state index in [0.717, 1.165) is 28.7 Å². The number of fused-ring (bicyclic) bond motifs is 1. The summed E-state index contributed by atoms with van der Waals surface area (Å²) < 4.78 is 38.8. The summed E-state index contributed by atoms with van der Waals surface area (Å²) in [5.74, 6) is 5.21. The molecule has 0 saturated heterocycles. The van der Waals surface area contributed by atoms with Crippen LogP contribution < -0.4 is 11.1 Å². The van der Waals surface area contributed by atoms with Gasteiger partial charge in [0.15, 0.2) is 6.17 Å². The van der Waals surface area contributed by atoms with E-state index in [1.54, 1.807) is 17.0 Å². The second-order valence-electron chi connectivity index (χ2n) is 10.3. The minimum Gasteiger partial charge on any atom is -0.357 e. The Balaban J connectivity index is 1.59. The number of imidazole rings is 1. The molecule has 0 saturated carbocycles. The summed E-state index contributed by atoms with van der Waals surface area (Å²) in [5, 5.41) is 7.68. The number of ether oxygens (including phenoxy) is 1. The number of pyridine rings is 1. The van der Waals surface area contributed by atoms with Gasteiger partial charge in [0, 0.05) is 19.8 Å². The number of aromatic nitrogens is 4. The lowest BCUT2D eigenvalue weighted by Crippen LogP contribution is -2.30. The number of nitrogens with one attached hydrogen (secondary N) is 1. The molecule has 0 aliphatic heterocycles. The largest absolute Gasteiger partial charge is 0.357 e. The number of halogens is 2. The number of nitrogens with two attached hydrogens (primary N) is 1. The molecular formula is C28H34F2N6O. The predicted molar refractivity (Wildman–Crippen MR) is 141 cm³/mol. The minimum absolute atomic E-state index is 0.0907. The third-order valence-corrected chi connectivity index (χ3v) is 6.67. The van der Waals surface area contributed by atoms with Crippen LogP contribution in [0.3, 0.4) is 0 Å². The highest BCUT2D eigenvalue weighted by atomic mass is 19.2. The molecule has 0 bridgehead atoms. The normalized spacial score (nSPS) is 18.8. The average molecular weight is 509 g/mol. The lowest BCUT2D eigenvalue weighted by molar-refractivity contribution is 0.0588. The summed E-state index contributed by atoms with van der Waals surface area (Å²) in [6.45, 7) is 8.59. The van der Waals surface area contributed by atoms with Gasteiger partial charge in [-0.1, -0.05) is 38.7 Å². The Bertz CT molecular complexity index is 1420. The lowest BCUT2D eigenvalue weighted by Gasteiger charge is -2.26. The minimum atomic E-state index is -1.93. The van der Waals surface area contributed by atoms with E-state index in [9.17, 15) is 4.39 Å². The van der Waals surface area contributed by atoms with Crippen LogP contribution in [0.15, 0.2) is 42.5 Å². The van der Waals surface area contributed by atoms with Crippen LogP contribution in [-0.4, -0.2) is 45.1 Å². The van der Waals surface area contributed by atoms with E-state index in [2.05, 4.69) is 27.2 Å². The van der Waals surface area contributed by atoms with E-state index in [1.807, 2.05) is 64.5 Å². The van der Waals surface area contributed by atoms with Gasteiger partial charge in [0.05, 0.1) is 34.9 Å². The summed E-state index contributed by atoms with van der Waals surface area (Å²) in [6.07, 6.45) is 3.29. The van der Waals surface area contributed by atoms with E-state index >= 15 is 4.39 Å². The van der Waals surface area contributed by atoms with Crippen molar-refractivity contribution in [1.82, 2.24) is 24.5 Å². The number of allylic oxidation sites excluding steroid dienone is 2. The molecule has 0 spiro atoms. The van der Waals surface area contributed by atoms with Crippen molar-refractivity contribution in [1.29, 1.82) is 0 Å². The first-order valence-corrected chi connectivity index (χ1v) is 12.2. The van der Waals surface area contributed by atoms with Crippen molar-refractivity contribution in [3.63, 3.8) is 0 Å². The fourth-order valence-electron chi connectivity index (χ4n) is 4.28. The summed E-state index contributed by atoms with van der Waals surface area (Å²) >= 11 is 0. The van der Waals surface area contributed by atoms with Gasteiger partial charge in [0.2, 0.25) is 0 Å². The lowest BCUT2D eigenvalue weighted by atomic mass is 9.84. The maximum atomic E-state index is 15.0. The Morgan fingerprint density at radius 1 is 1.27 bits per heavy atom. The van der Waals surface area contributed by atoms with E-state index in [1.165, 1.54) is 0 Å². The fourth-order valence-corrected chi connectivity index (χ4v) is 4.28. The van der Waals surface area contributed by atoms with E-state index in [-0.39, 0.29) is 18.1 Å². The number of hydrogen-bond acceptors (Lipinski definition) is 5. The van der Waals surface area contributed by atoms with Gasteiger partial charge in [-0.25, -0.2) is 13.8 Å². The van der Waals surface area contributed by atoms with E-state index in [4.69, 9.17) is 10.5 Å². The van der Waals surface area contributed by atoms with Crippen molar-refractivity contribution >= 4 is 11.2 Å². The Kier molecular flexibility index (Phi) is 7.64. The van der Waals surface area contributed by atoms with Crippen LogP contribution in [0.4, 0.5) is 8.78 Å². The Hall–Kier alpha value is -3.32. The molecular weight excluding hydrogens is 474 g/mol. The maximum absolute atomic E-state index is 15.0. The number of rotatable bonds is 6. The quantitative estimate of drug-likeness (QED) is 0.489. The molecule has 1 aliphatic carbocycles. The van der Waals surface area contributed by atoms with Crippen molar-refractivity contribution in [2.24, 2.45) is 18.2 Å². The SMILES string of the molecule is CNCc1cnc2ccc(C3=CC=C(F)C(F)C3OCC#Cc3c(C(N)C(C)(C)C)nn(C)c3C)cn12. The molecule has 3 aromatic heterocycles. The molecule has 196 valence electrons. The van der Waals surface area contributed by atoms with Gasteiger partial charge in [-0.2, -0.15) is 5.10 Å². The molecule has 0 fully saturated rings. The summed E-state index contributed by atoms with van der Waals surface area (Å²) in [6, 6.07) is 3.37. The molecule has 9 heteroatoms. The topological polar surface area (TPSA) is 82.4 Å². The van der Waals surface area contributed by atoms with Crippen LogP contribution in [-0.2, 0) is 18.3 Å². The summed E-state index contributed by atoms with van der Waals surface area (Å²) in [7, 11) is 3.70. The summed E-state index contributed by atoms with van der Waals surface area (Å²) in [4.78, 5) is 4.39. The van der Waals surface area contributed by atoms with Crippen LogP contribution in [0.5, 0.6) is 0 Å². The van der Waals surface area contributed by atoms with Crippen molar-refractivity contribution in [2.75, 3.05) is 13.7 Å². The van der Waals surface area contributed by atoms with Crippen molar-refractivity contribution < 1.29 is 13.5 Å². The molecule has 3 atom stereocenters. The molecule has 0 radical (unpaired) electrons.